The monoisotopic (exact) mass is 477 g/mol. The number of piperidine rings is 1. The number of amides is 1. The molecule has 34 heavy (non-hydrogen) atoms. The number of aromatic nitrogens is 3. The number of hydrogen-bond donors (Lipinski definition) is 2. The summed E-state index contributed by atoms with van der Waals surface area (Å²) in [6, 6.07) is 16.8. The minimum absolute atomic E-state index is 0.0847. The third-order valence-corrected chi connectivity index (χ3v) is 7.86. The fourth-order valence-electron chi connectivity index (χ4n) is 4.08. The Morgan fingerprint density at radius 3 is 2.38 bits per heavy atom. The molecule has 0 unspecified atom stereocenters. The second kappa shape index (κ2) is 9.52. The highest BCUT2D eigenvalue weighted by Crippen LogP contribution is 2.38. The van der Waals surface area contributed by atoms with Gasteiger partial charge in [-0.05, 0) is 61.6 Å². The van der Waals surface area contributed by atoms with E-state index in [0.717, 1.165) is 29.8 Å². The summed E-state index contributed by atoms with van der Waals surface area (Å²) in [5.74, 6) is 1.81. The summed E-state index contributed by atoms with van der Waals surface area (Å²) in [6.45, 7) is 0.652. The Morgan fingerprint density at radius 1 is 1.00 bits per heavy atom. The van der Waals surface area contributed by atoms with Gasteiger partial charge in [0.05, 0.1) is 0 Å². The zero-order chi connectivity index (χ0) is 23.5. The van der Waals surface area contributed by atoms with Gasteiger partial charge in [0, 0.05) is 41.6 Å². The number of sulfonamides is 1. The summed E-state index contributed by atoms with van der Waals surface area (Å²) in [5.41, 5.74) is 2.42. The summed E-state index contributed by atoms with van der Waals surface area (Å²) in [6.07, 6.45) is 4.90. The molecule has 3 aromatic rings. The van der Waals surface area contributed by atoms with Crippen molar-refractivity contribution >= 4 is 27.7 Å². The van der Waals surface area contributed by atoms with Crippen LogP contribution in [0.15, 0.2) is 60.0 Å². The SMILES string of the molecule is O=C(Nc1ccc(-c2n[nH]c(C3CC3)n2)cc1)C1CCN(S(=O)(=O)/C=C/c2ccccc2)CC1. The van der Waals surface area contributed by atoms with Crippen molar-refractivity contribution in [3.63, 3.8) is 0 Å². The first-order valence-corrected chi connectivity index (χ1v) is 13.1. The van der Waals surface area contributed by atoms with Crippen LogP contribution in [-0.2, 0) is 14.8 Å². The molecule has 2 aliphatic rings. The zero-order valence-electron chi connectivity index (χ0n) is 18.7. The second-order valence-corrected chi connectivity index (χ2v) is 10.6. The molecule has 1 aliphatic heterocycles. The van der Waals surface area contributed by atoms with Crippen molar-refractivity contribution in [2.24, 2.45) is 5.92 Å². The van der Waals surface area contributed by atoms with E-state index >= 15 is 0 Å². The molecule has 2 heterocycles. The van der Waals surface area contributed by atoms with Crippen LogP contribution >= 0.6 is 0 Å². The Hall–Kier alpha value is -3.30. The van der Waals surface area contributed by atoms with E-state index in [4.69, 9.17) is 0 Å². The van der Waals surface area contributed by atoms with Crippen LogP contribution < -0.4 is 5.32 Å². The van der Waals surface area contributed by atoms with E-state index in [0.29, 0.717) is 43.4 Å². The van der Waals surface area contributed by atoms with E-state index in [2.05, 4.69) is 20.5 Å². The van der Waals surface area contributed by atoms with Crippen LogP contribution in [-0.4, -0.2) is 46.9 Å². The molecule has 2 fully saturated rings. The summed E-state index contributed by atoms with van der Waals surface area (Å²) >= 11 is 0. The smallest absolute Gasteiger partial charge is 0.236 e. The van der Waals surface area contributed by atoms with Gasteiger partial charge in [-0.2, -0.15) is 9.40 Å². The Kier molecular flexibility index (Phi) is 6.30. The molecule has 0 radical (unpaired) electrons. The minimum atomic E-state index is -3.51. The number of nitrogens with zero attached hydrogens (tertiary/aromatic N) is 3. The lowest BCUT2D eigenvalue weighted by molar-refractivity contribution is -0.120. The fourth-order valence-corrected chi connectivity index (χ4v) is 5.30. The molecular formula is C25H27N5O3S. The van der Waals surface area contributed by atoms with Gasteiger partial charge in [-0.25, -0.2) is 13.4 Å². The maximum Gasteiger partial charge on any atom is 0.236 e. The van der Waals surface area contributed by atoms with Crippen LogP contribution in [0.5, 0.6) is 0 Å². The lowest BCUT2D eigenvalue weighted by atomic mass is 9.97. The summed E-state index contributed by atoms with van der Waals surface area (Å²) in [7, 11) is -3.51. The molecule has 1 amide bonds. The number of benzene rings is 2. The Balaban J connectivity index is 1.14. The molecule has 0 bridgehead atoms. The number of hydrogen-bond acceptors (Lipinski definition) is 5. The van der Waals surface area contributed by atoms with Crippen molar-refractivity contribution in [1.82, 2.24) is 19.5 Å². The molecule has 1 aromatic heterocycles. The van der Waals surface area contributed by atoms with Gasteiger partial charge in [0.2, 0.25) is 15.9 Å². The quantitative estimate of drug-likeness (QED) is 0.535. The standard InChI is InChI=1S/C25H27N5O3S/c31-25(26-22-10-8-20(9-11-22)24-27-23(28-29-24)19-6-7-19)21-12-15-30(16-13-21)34(32,33)17-14-18-4-2-1-3-5-18/h1-5,8-11,14,17,19,21H,6-7,12-13,15-16H2,(H,26,31)(H,27,28,29)/b17-14+. The highest BCUT2D eigenvalue weighted by Gasteiger charge is 2.30. The van der Waals surface area contributed by atoms with E-state index in [1.807, 2.05) is 54.6 Å². The molecule has 0 atom stereocenters. The second-order valence-electron chi connectivity index (χ2n) is 8.82. The molecule has 5 rings (SSSR count). The third-order valence-electron chi connectivity index (χ3n) is 6.29. The van der Waals surface area contributed by atoms with Crippen LogP contribution in [0.25, 0.3) is 17.5 Å². The predicted octanol–water partition coefficient (Wildman–Crippen LogP) is 4.00. The summed E-state index contributed by atoms with van der Waals surface area (Å²) < 4.78 is 26.7. The number of aromatic amines is 1. The first kappa shape index (κ1) is 22.5. The minimum Gasteiger partial charge on any atom is -0.326 e. The Labute approximate surface area is 199 Å². The van der Waals surface area contributed by atoms with Crippen LogP contribution in [0.1, 0.15) is 43.0 Å². The lowest BCUT2D eigenvalue weighted by Crippen LogP contribution is -2.40. The van der Waals surface area contributed by atoms with Gasteiger partial charge in [0.25, 0.3) is 0 Å². The molecule has 2 N–H and O–H groups in total. The van der Waals surface area contributed by atoms with Crippen LogP contribution in [0.2, 0.25) is 0 Å². The van der Waals surface area contributed by atoms with Crippen molar-refractivity contribution in [3.8, 4) is 11.4 Å². The van der Waals surface area contributed by atoms with E-state index in [-0.39, 0.29) is 11.8 Å². The molecule has 0 spiro atoms. The number of nitrogens with one attached hydrogen (secondary N) is 2. The van der Waals surface area contributed by atoms with Gasteiger partial charge < -0.3 is 5.32 Å². The predicted molar refractivity (Wildman–Crippen MR) is 131 cm³/mol. The average molecular weight is 478 g/mol. The maximum atomic E-state index is 12.8. The molecule has 1 aliphatic carbocycles. The number of anilines is 1. The first-order chi connectivity index (χ1) is 16.5. The van der Waals surface area contributed by atoms with Crippen molar-refractivity contribution < 1.29 is 13.2 Å². The average Bonchev–Trinajstić information content (AvgIpc) is 3.60. The number of carbonyl (C=O) groups excluding carboxylic acids is 1. The van der Waals surface area contributed by atoms with Crippen molar-refractivity contribution in [1.29, 1.82) is 0 Å². The van der Waals surface area contributed by atoms with Crippen LogP contribution in [0, 0.1) is 5.92 Å². The van der Waals surface area contributed by atoms with Crippen molar-refractivity contribution in [2.45, 2.75) is 31.6 Å². The van der Waals surface area contributed by atoms with E-state index in [9.17, 15) is 13.2 Å². The molecule has 1 saturated heterocycles. The van der Waals surface area contributed by atoms with Gasteiger partial charge in [-0.15, -0.1) is 0 Å². The largest absolute Gasteiger partial charge is 0.326 e. The highest BCUT2D eigenvalue weighted by atomic mass is 32.2. The zero-order valence-corrected chi connectivity index (χ0v) is 19.5. The van der Waals surface area contributed by atoms with Crippen molar-refractivity contribution in [2.75, 3.05) is 18.4 Å². The third kappa shape index (κ3) is 5.26. The van der Waals surface area contributed by atoms with E-state index in [1.165, 1.54) is 9.71 Å². The van der Waals surface area contributed by atoms with Gasteiger partial charge >= 0.3 is 0 Å². The Bertz CT molecular complexity index is 1270. The molecule has 9 heteroatoms. The fraction of sp³-hybridized carbons (Fsp3) is 0.320. The maximum absolute atomic E-state index is 12.8. The molecular weight excluding hydrogens is 450 g/mol. The molecule has 8 nitrogen and oxygen atoms in total. The number of rotatable bonds is 7. The number of carbonyl (C=O) groups is 1. The summed E-state index contributed by atoms with van der Waals surface area (Å²) in [4.78, 5) is 17.3. The summed E-state index contributed by atoms with van der Waals surface area (Å²) in [5, 5.41) is 11.5. The van der Waals surface area contributed by atoms with Crippen LogP contribution in [0.3, 0.4) is 0 Å². The van der Waals surface area contributed by atoms with Gasteiger partial charge in [0.1, 0.15) is 5.82 Å². The van der Waals surface area contributed by atoms with Gasteiger partial charge in [-0.1, -0.05) is 30.3 Å². The van der Waals surface area contributed by atoms with E-state index < -0.39 is 10.0 Å². The Morgan fingerprint density at radius 2 is 1.71 bits per heavy atom. The molecule has 2 aromatic carbocycles. The first-order valence-electron chi connectivity index (χ1n) is 11.5. The topological polar surface area (TPSA) is 108 Å². The molecule has 1 saturated carbocycles. The normalized spacial score (nSPS) is 17.8. The highest BCUT2D eigenvalue weighted by molar-refractivity contribution is 7.92. The van der Waals surface area contributed by atoms with Crippen molar-refractivity contribution in [3.05, 3.63) is 71.4 Å². The van der Waals surface area contributed by atoms with Gasteiger partial charge in [0.15, 0.2) is 5.82 Å². The van der Waals surface area contributed by atoms with Crippen LogP contribution in [0.4, 0.5) is 5.69 Å². The van der Waals surface area contributed by atoms with Gasteiger partial charge in [-0.3, -0.25) is 9.89 Å². The lowest BCUT2D eigenvalue weighted by Gasteiger charge is -2.29. The van der Waals surface area contributed by atoms with E-state index in [1.54, 1.807) is 6.08 Å². The molecule has 176 valence electrons. The number of H-pyrrole nitrogens is 1.